The first-order valence-corrected chi connectivity index (χ1v) is 10.2. The summed E-state index contributed by atoms with van der Waals surface area (Å²) in [6, 6.07) is 14.0. The quantitative estimate of drug-likeness (QED) is 0.744. The molecular weight excluding hydrogens is 402 g/mol. The van der Waals surface area contributed by atoms with Crippen molar-refractivity contribution in [2.24, 2.45) is 5.92 Å². The lowest BCUT2D eigenvalue weighted by Crippen LogP contribution is -2.41. The second-order valence-electron chi connectivity index (χ2n) is 7.42. The highest BCUT2D eigenvalue weighted by Crippen LogP contribution is 2.42. The van der Waals surface area contributed by atoms with E-state index in [1.54, 1.807) is 0 Å². The summed E-state index contributed by atoms with van der Waals surface area (Å²) in [5, 5.41) is 9.61. The van der Waals surface area contributed by atoms with Gasteiger partial charge < -0.3 is 5.11 Å². The van der Waals surface area contributed by atoms with E-state index in [9.17, 15) is 19.5 Å². The molecule has 0 aromatic heterocycles. The SMILES string of the molecule is O=C1CCCC2=C1C(/C=C/c1ccccc1)CC(=O)N2c1cc(C(=O)O)ccc1Cl. The number of rotatable bonds is 4. The van der Waals surface area contributed by atoms with E-state index in [1.165, 1.54) is 23.1 Å². The minimum atomic E-state index is -1.10. The third kappa shape index (κ3) is 3.81. The number of hydrogen-bond donors (Lipinski definition) is 1. The van der Waals surface area contributed by atoms with Crippen molar-refractivity contribution < 1.29 is 19.5 Å². The van der Waals surface area contributed by atoms with Crippen molar-refractivity contribution in [2.75, 3.05) is 4.90 Å². The van der Waals surface area contributed by atoms with Crippen LogP contribution in [0.2, 0.25) is 5.02 Å². The number of halogens is 1. The molecule has 4 rings (SSSR count). The van der Waals surface area contributed by atoms with Crippen LogP contribution in [0.4, 0.5) is 5.69 Å². The van der Waals surface area contributed by atoms with Gasteiger partial charge in [0.2, 0.25) is 5.91 Å². The third-order valence-corrected chi connectivity index (χ3v) is 5.79. The molecule has 0 spiro atoms. The number of carbonyl (C=O) groups is 3. The molecule has 1 aliphatic carbocycles. The number of hydrogen-bond acceptors (Lipinski definition) is 3. The summed E-state index contributed by atoms with van der Waals surface area (Å²) < 4.78 is 0. The van der Waals surface area contributed by atoms with Crippen LogP contribution in [0.1, 0.15) is 41.6 Å². The molecule has 1 unspecified atom stereocenters. The molecule has 2 aromatic carbocycles. The summed E-state index contributed by atoms with van der Waals surface area (Å²) in [6.45, 7) is 0. The average Bonchev–Trinajstić information content (AvgIpc) is 2.73. The molecule has 1 amide bonds. The second-order valence-corrected chi connectivity index (χ2v) is 7.83. The van der Waals surface area contributed by atoms with E-state index in [0.717, 1.165) is 5.56 Å². The number of amides is 1. The molecule has 0 radical (unpaired) electrons. The zero-order chi connectivity index (χ0) is 21.3. The number of carboxylic acids is 1. The van der Waals surface area contributed by atoms with Gasteiger partial charge in [-0.25, -0.2) is 4.79 Å². The van der Waals surface area contributed by atoms with Crippen molar-refractivity contribution in [3.8, 4) is 0 Å². The maximum absolute atomic E-state index is 13.2. The van der Waals surface area contributed by atoms with Gasteiger partial charge in [-0.3, -0.25) is 14.5 Å². The Morgan fingerprint density at radius 1 is 1.10 bits per heavy atom. The molecule has 6 heteroatoms. The van der Waals surface area contributed by atoms with Crippen molar-refractivity contribution in [3.63, 3.8) is 0 Å². The first-order valence-electron chi connectivity index (χ1n) is 9.81. The fourth-order valence-corrected chi connectivity index (χ4v) is 4.29. The zero-order valence-electron chi connectivity index (χ0n) is 16.2. The van der Waals surface area contributed by atoms with Gasteiger partial charge in [-0.05, 0) is 36.6 Å². The van der Waals surface area contributed by atoms with Crippen LogP contribution in [0.15, 0.2) is 65.9 Å². The first-order chi connectivity index (χ1) is 14.5. The number of Topliss-reactive ketones (excluding diaryl/α,β-unsaturated/α-hetero) is 1. The summed E-state index contributed by atoms with van der Waals surface area (Å²) in [7, 11) is 0. The van der Waals surface area contributed by atoms with E-state index >= 15 is 0 Å². The van der Waals surface area contributed by atoms with Crippen molar-refractivity contribution in [1.29, 1.82) is 0 Å². The number of allylic oxidation sites excluding steroid dienone is 3. The Balaban J connectivity index is 1.79. The van der Waals surface area contributed by atoms with Gasteiger partial charge in [0.15, 0.2) is 5.78 Å². The Bertz CT molecular complexity index is 1090. The standard InChI is InChI=1S/C24H20ClNO4/c25-18-12-11-17(24(29)30)13-20(18)26-19-7-4-8-21(27)23(19)16(14-22(26)28)10-9-15-5-2-1-3-6-15/h1-3,5-6,9-13,16H,4,7-8,14H2,(H,29,30)/b10-9+. The number of carbonyl (C=O) groups excluding carboxylic acids is 2. The van der Waals surface area contributed by atoms with Crippen molar-refractivity contribution in [3.05, 3.63) is 82.0 Å². The van der Waals surface area contributed by atoms with Gasteiger partial charge in [-0.2, -0.15) is 0 Å². The maximum atomic E-state index is 13.2. The van der Waals surface area contributed by atoms with E-state index in [0.29, 0.717) is 36.2 Å². The van der Waals surface area contributed by atoms with Crippen molar-refractivity contribution in [2.45, 2.75) is 25.7 Å². The Morgan fingerprint density at radius 2 is 1.87 bits per heavy atom. The second kappa shape index (κ2) is 8.28. The van der Waals surface area contributed by atoms with E-state index in [4.69, 9.17) is 11.6 Å². The molecule has 0 fully saturated rings. The van der Waals surface area contributed by atoms with Gasteiger partial charge in [0.1, 0.15) is 0 Å². The molecule has 1 heterocycles. The van der Waals surface area contributed by atoms with Crippen molar-refractivity contribution >= 4 is 41.0 Å². The van der Waals surface area contributed by atoms with Crippen LogP contribution in [0.5, 0.6) is 0 Å². The van der Waals surface area contributed by atoms with E-state index in [1.807, 2.05) is 42.5 Å². The van der Waals surface area contributed by atoms with Gasteiger partial charge in [0.05, 0.1) is 16.3 Å². The lowest BCUT2D eigenvalue weighted by Gasteiger charge is -2.37. The number of nitrogens with zero attached hydrogens (tertiary/aromatic N) is 1. The van der Waals surface area contributed by atoms with Gasteiger partial charge in [-0.15, -0.1) is 0 Å². The lowest BCUT2D eigenvalue weighted by molar-refractivity contribution is -0.120. The third-order valence-electron chi connectivity index (χ3n) is 5.47. The minimum absolute atomic E-state index is 0.0296. The Kier molecular flexibility index (Phi) is 5.55. The van der Waals surface area contributed by atoms with Crippen LogP contribution >= 0.6 is 11.6 Å². The largest absolute Gasteiger partial charge is 0.478 e. The van der Waals surface area contributed by atoms with Gasteiger partial charge in [0.25, 0.3) is 0 Å². The molecule has 0 saturated carbocycles. The van der Waals surface area contributed by atoms with Gasteiger partial charge in [0, 0.05) is 30.0 Å². The number of carboxylic acid groups (broad SMARTS) is 1. The molecule has 152 valence electrons. The molecule has 0 bridgehead atoms. The highest BCUT2D eigenvalue weighted by molar-refractivity contribution is 6.34. The number of benzene rings is 2. The van der Waals surface area contributed by atoms with Crippen LogP contribution in [-0.2, 0) is 9.59 Å². The fourth-order valence-electron chi connectivity index (χ4n) is 4.08. The Morgan fingerprint density at radius 3 is 2.60 bits per heavy atom. The number of aromatic carboxylic acids is 1. The van der Waals surface area contributed by atoms with E-state index in [2.05, 4.69) is 0 Å². The van der Waals surface area contributed by atoms with Crippen LogP contribution in [0, 0.1) is 5.92 Å². The minimum Gasteiger partial charge on any atom is -0.478 e. The lowest BCUT2D eigenvalue weighted by atomic mass is 9.80. The van der Waals surface area contributed by atoms with Crippen LogP contribution in [-0.4, -0.2) is 22.8 Å². The monoisotopic (exact) mass is 421 g/mol. The molecule has 1 N–H and O–H groups in total. The molecule has 5 nitrogen and oxygen atoms in total. The predicted octanol–water partition coefficient (Wildman–Crippen LogP) is 5.11. The number of ketones is 1. The predicted molar refractivity (Wildman–Crippen MR) is 115 cm³/mol. The molecule has 1 aliphatic heterocycles. The average molecular weight is 422 g/mol. The molecular formula is C24H20ClNO4. The number of anilines is 1. The van der Waals surface area contributed by atoms with Crippen LogP contribution < -0.4 is 4.90 Å². The van der Waals surface area contributed by atoms with Crippen LogP contribution in [0.25, 0.3) is 6.08 Å². The van der Waals surface area contributed by atoms with Gasteiger partial charge >= 0.3 is 5.97 Å². The first kappa shape index (κ1) is 20.1. The van der Waals surface area contributed by atoms with Crippen LogP contribution in [0.3, 0.4) is 0 Å². The topological polar surface area (TPSA) is 74.7 Å². The van der Waals surface area contributed by atoms with Gasteiger partial charge in [-0.1, -0.05) is 54.1 Å². The molecule has 30 heavy (non-hydrogen) atoms. The molecule has 2 aliphatic rings. The molecule has 0 saturated heterocycles. The maximum Gasteiger partial charge on any atom is 0.335 e. The summed E-state index contributed by atoms with van der Waals surface area (Å²) in [6.07, 6.45) is 5.63. The normalized spacial score (nSPS) is 19.4. The van der Waals surface area contributed by atoms with E-state index < -0.39 is 5.97 Å². The fraction of sp³-hybridized carbons (Fsp3) is 0.208. The summed E-state index contributed by atoms with van der Waals surface area (Å²) in [5.74, 6) is -1.58. The van der Waals surface area contributed by atoms with Crippen molar-refractivity contribution in [1.82, 2.24) is 0 Å². The smallest absolute Gasteiger partial charge is 0.335 e. The molecule has 2 aromatic rings. The Hall–Kier alpha value is -3.18. The highest BCUT2D eigenvalue weighted by atomic mass is 35.5. The summed E-state index contributed by atoms with van der Waals surface area (Å²) >= 11 is 6.34. The molecule has 1 atom stereocenters. The van der Waals surface area contributed by atoms with E-state index in [-0.39, 0.29) is 34.6 Å². The highest BCUT2D eigenvalue weighted by Gasteiger charge is 2.38. The summed E-state index contributed by atoms with van der Waals surface area (Å²) in [4.78, 5) is 38.9. The zero-order valence-corrected chi connectivity index (χ0v) is 16.9. The summed E-state index contributed by atoms with van der Waals surface area (Å²) in [5.41, 5.74) is 2.61. The Labute approximate surface area is 179 Å².